The highest BCUT2D eigenvalue weighted by atomic mass is 35.5. The molecule has 0 spiro atoms. The summed E-state index contributed by atoms with van der Waals surface area (Å²) in [6, 6.07) is 12.9. The number of fused-ring (bicyclic) bond motifs is 1. The molecule has 1 aromatic heterocycles. The highest BCUT2D eigenvalue weighted by Crippen LogP contribution is 2.33. The number of ether oxygens (including phenoxy) is 1. The maximum Gasteiger partial charge on any atom is 0.228 e. The predicted molar refractivity (Wildman–Crippen MR) is 152 cm³/mol. The van der Waals surface area contributed by atoms with Crippen LogP contribution >= 0.6 is 35.5 Å². The number of thiazole rings is 1. The summed E-state index contributed by atoms with van der Waals surface area (Å²) < 4.78 is 6.66. The molecule has 0 saturated carbocycles. The summed E-state index contributed by atoms with van der Waals surface area (Å²) in [6.07, 6.45) is 2.35. The molecular formula is C27H36ClN3O2S2. The molecule has 2 aromatic carbocycles. The van der Waals surface area contributed by atoms with Crippen LogP contribution < -0.4 is 4.90 Å². The second-order valence-electron chi connectivity index (χ2n) is 8.99. The van der Waals surface area contributed by atoms with E-state index in [9.17, 15) is 4.79 Å². The Kier molecular flexibility index (Phi) is 10.9. The van der Waals surface area contributed by atoms with Gasteiger partial charge in [-0.1, -0.05) is 41.2 Å². The summed E-state index contributed by atoms with van der Waals surface area (Å²) in [4.78, 5) is 23.9. The lowest BCUT2D eigenvalue weighted by atomic mass is 10.1. The zero-order valence-electron chi connectivity index (χ0n) is 20.9. The molecular weight excluding hydrogens is 498 g/mol. The number of hydrogen-bond donors (Lipinski definition) is 0. The van der Waals surface area contributed by atoms with Crippen LogP contribution in [-0.2, 0) is 9.53 Å². The third kappa shape index (κ3) is 7.67. The van der Waals surface area contributed by atoms with Crippen molar-refractivity contribution in [3.05, 3.63) is 53.1 Å². The van der Waals surface area contributed by atoms with Crippen LogP contribution in [-0.4, -0.2) is 60.9 Å². The van der Waals surface area contributed by atoms with Crippen LogP contribution in [0.3, 0.4) is 0 Å². The number of aryl methyl sites for hydroxylation is 3. The highest BCUT2D eigenvalue weighted by Gasteiger charge is 2.21. The van der Waals surface area contributed by atoms with Gasteiger partial charge >= 0.3 is 0 Å². The fourth-order valence-corrected chi connectivity index (χ4v) is 6.16. The monoisotopic (exact) mass is 533 g/mol. The summed E-state index contributed by atoms with van der Waals surface area (Å²) in [5.74, 6) is 1.12. The Bertz CT molecular complexity index is 1060. The molecule has 1 saturated heterocycles. The van der Waals surface area contributed by atoms with Crippen molar-refractivity contribution < 1.29 is 9.53 Å². The molecule has 190 valence electrons. The fraction of sp³-hybridized carbons (Fsp3) is 0.481. The van der Waals surface area contributed by atoms with Gasteiger partial charge in [0.05, 0.1) is 23.4 Å². The standard InChI is InChI=1S/C27H35N3O2S2.ClH/c1-20-7-11-23(12-8-20)33-19-4-6-24(31)30(14-5-13-29-15-17-32-18-16-29)27-28-25-21(2)9-10-22(3)26(25)34-27;/h7-12H,4-6,13-19H2,1-3H3;1H. The van der Waals surface area contributed by atoms with Gasteiger partial charge in [-0.2, -0.15) is 0 Å². The van der Waals surface area contributed by atoms with E-state index < -0.39 is 0 Å². The molecule has 3 aromatic rings. The van der Waals surface area contributed by atoms with E-state index in [-0.39, 0.29) is 18.3 Å². The van der Waals surface area contributed by atoms with Gasteiger partial charge in [0.1, 0.15) is 0 Å². The molecule has 4 rings (SSSR count). The Morgan fingerprint density at radius 2 is 1.77 bits per heavy atom. The number of morpholine rings is 1. The minimum absolute atomic E-state index is 0. The summed E-state index contributed by atoms with van der Waals surface area (Å²) in [5, 5.41) is 0.838. The smallest absolute Gasteiger partial charge is 0.228 e. The minimum Gasteiger partial charge on any atom is -0.379 e. The largest absolute Gasteiger partial charge is 0.379 e. The number of anilines is 1. The van der Waals surface area contributed by atoms with E-state index in [1.165, 1.54) is 26.3 Å². The summed E-state index contributed by atoms with van der Waals surface area (Å²) in [5.41, 5.74) is 4.69. The number of amides is 1. The van der Waals surface area contributed by atoms with Gasteiger partial charge in [0.25, 0.3) is 0 Å². The molecule has 35 heavy (non-hydrogen) atoms. The first-order valence-corrected chi connectivity index (χ1v) is 14.0. The third-order valence-electron chi connectivity index (χ3n) is 6.25. The number of carbonyl (C=O) groups excluding carboxylic acids is 1. The maximum atomic E-state index is 13.4. The molecule has 0 aliphatic carbocycles. The average molecular weight is 534 g/mol. The second-order valence-corrected chi connectivity index (χ2v) is 11.1. The van der Waals surface area contributed by atoms with Crippen LogP contribution in [0, 0.1) is 20.8 Å². The number of carbonyl (C=O) groups is 1. The normalized spacial score (nSPS) is 14.1. The summed E-state index contributed by atoms with van der Waals surface area (Å²) in [7, 11) is 0. The van der Waals surface area contributed by atoms with Crippen molar-refractivity contribution in [2.24, 2.45) is 0 Å². The highest BCUT2D eigenvalue weighted by molar-refractivity contribution is 7.99. The average Bonchev–Trinajstić information content (AvgIpc) is 3.30. The van der Waals surface area contributed by atoms with Gasteiger partial charge in [-0.25, -0.2) is 4.98 Å². The Morgan fingerprint density at radius 1 is 1.06 bits per heavy atom. The Labute approximate surface area is 223 Å². The van der Waals surface area contributed by atoms with Crippen LogP contribution in [0.15, 0.2) is 41.3 Å². The molecule has 1 fully saturated rings. The molecule has 0 unspecified atom stereocenters. The van der Waals surface area contributed by atoms with Crippen molar-refractivity contribution in [2.75, 3.05) is 50.0 Å². The van der Waals surface area contributed by atoms with Gasteiger partial charge in [0.2, 0.25) is 5.91 Å². The fourth-order valence-electron chi connectivity index (χ4n) is 4.15. The van der Waals surface area contributed by atoms with Gasteiger partial charge in [-0.15, -0.1) is 24.2 Å². The first kappa shape index (κ1) is 27.9. The third-order valence-corrected chi connectivity index (χ3v) is 8.56. The van der Waals surface area contributed by atoms with Crippen molar-refractivity contribution >= 4 is 56.8 Å². The lowest BCUT2D eigenvalue weighted by Crippen LogP contribution is -2.39. The Balaban J connectivity index is 0.00000342. The Hall–Kier alpha value is -1.64. The number of nitrogens with zero attached hydrogens (tertiary/aromatic N) is 3. The number of benzene rings is 2. The molecule has 1 aliphatic rings. The molecule has 0 radical (unpaired) electrons. The lowest BCUT2D eigenvalue weighted by molar-refractivity contribution is -0.118. The minimum atomic E-state index is 0. The number of halogens is 1. The van der Waals surface area contributed by atoms with E-state index in [0.29, 0.717) is 13.0 Å². The van der Waals surface area contributed by atoms with Crippen molar-refractivity contribution in [1.82, 2.24) is 9.88 Å². The maximum absolute atomic E-state index is 13.4. The first-order chi connectivity index (χ1) is 16.5. The summed E-state index contributed by atoms with van der Waals surface area (Å²) >= 11 is 3.47. The van der Waals surface area contributed by atoms with Crippen LogP contribution in [0.5, 0.6) is 0 Å². The van der Waals surface area contributed by atoms with E-state index in [4.69, 9.17) is 9.72 Å². The van der Waals surface area contributed by atoms with Gasteiger partial charge in [0, 0.05) is 37.5 Å². The molecule has 0 bridgehead atoms. The van der Waals surface area contributed by atoms with Gasteiger partial charge in [-0.3, -0.25) is 14.6 Å². The molecule has 0 N–H and O–H groups in total. The number of aromatic nitrogens is 1. The van der Waals surface area contributed by atoms with Crippen LogP contribution in [0.4, 0.5) is 5.13 Å². The van der Waals surface area contributed by atoms with Gasteiger partial charge in [0.15, 0.2) is 5.13 Å². The molecule has 5 nitrogen and oxygen atoms in total. The van der Waals surface area contributed by atoms with Gasteiger partial charge < -0.3 is 4.74 Å². The lowest BCUT2D eigenvalue weighted by Gasteiger charge is -2.27. The first-order valence-electron chi connectivity index (χ1n) is 12.2. The molecule has 0 atom stereocenters. The van der Waals surface area contributed by atoms with E-state index in [1.54, 1.807) is 11.3 Å². The van der Waals surface area contributed by atoms with E-state index in [2.05, 4.69) is 62.1 Å². The van der Waals surface area contributed by atoms with Crippen LogP contribution in [0.2, 0.25) is 0 Å². The van der Waals surface area contributed by atoms with Crippen molar-refractivity contribution in [3.63, 3.8) is 0 Å². The molecule has 1 aliphatic heterocycles. The molecule has 8 heteroatoms. The Morgan fingerprint density at radius 3 is 2.49 bits per heavy atom. The molecule has 2 heterocycles. The zero-order valence-corrected chi connectivity index (χ0v) is 23.4. The van der Waals surface area contributed by atoms with Crippen LogP contribution in [0.25, 0.3) is 10.2 Å². The van der Waals surface area contributed by atoms with Crippen molar-refractivity contribution in [1.29, 1.82) is 0 Å². The van der Waals surface area contributed by atoms with Gasteiger partial charge in [-0.05, 0) is 62.6 Å². The molecule has 1 amide bonds. The van der Waals surface area contributed by atoms with Crippen molar-refractivity contribution in [2.45, 2.75) is 44.9 Å². The van der Waals surface area contributed by atoms with E-state index in [1.807, 2.05) is 16.7 Å². The zero-order chi connectivity index (χ0) is 23.9. The second kappa shape index (κ2) is 13.6. The van der Waals surface area contributed by atoms with E-state index >= 15 is 0 Å². The topological polar surface area (TPSA) is 45.7 Å². The quantitative estimate of drug-likeness (QED) is 0.227. The SMILES string of the molecule is Cc1ccc(SCCCC(=O)N(CCCN2CCOCC2)c2nc3c(C)ccc(C)c3s2)cc1.Cl. The number of thioether (sulfide) groups is 1. The van der Waals surface area contributed by atoms with E-state index in [0.717, 1.165) is 62.1 Å². The van der Waals surface area contributed by atoms with Crippen molar-refractivity contribution in [3.8, 4) is 0 Å². The number of hydrogen-bond acceptors (Lipinski definition) is 6. The predicted octanol–water partition coefficient (Wildman–Crippen LogP) is 6.27. The van der Waals surface area contributed by atoms with Crippen LogP contribution in [0.1, 0.15) is 36.0 Å². The number of rotatable bonds is 10. The summed E-state index contributed by atoms with van der Waals surface area (Å²) in [6.45, 7) is 11.6.